The highest BCUT2D eigenvalue weighted by atomic mass is 16.4. The number of hydrogen-bond acceptors (Lipinski definition) is 3. The molecule has 5 nitrogen and oxygen atoms in total. The van der Waals surface area contributed by atoms with Crippen LogP contribution in [-0.2, 0) is 9.59 Å². The standard InChI is InChI=1S/C7H11NO4/c9-6(10)1-4-3-8-5(4)2-7(11)12/h4-5,8H,1-3H2,(H,9,10)(H,11,12)/t4-,5-/m0/s1. The fourth-order valence-electron chi connectivity index (χ4n) is 1.32. The smallest absolute Gasteiger partial charge is 0.304 e. The molecule has 1 fully saturated rings. The molecule has 0 amide bonds. The maximum Gasteiger partial charge on any atom is 0.304 e. The van der Waals surface area contributed by atoms with Crippen molar-refractivity contribution in [2.75, 3.05) is 6.54 Å². The van der Waals surface area contributed by atoms with Gasteiger partial charge in [0.15, 0.2) is 0 Å². The second kappa shape index (κ2) is 3.53. The van der Waals surface area contributed by atoms with Crippen molar-refractivity contribution >= 4 is 11.9 Å². The minimum Gasteiger partial charge on any atom is -0.481 e. The molecular weight excluding hydrogens is 162 g/mol. The van der Waals surface area contributed by atoms with Gasteiger partial charge in [0.2, 0.25) is 0 Å². The highest BCUT2D eigenvalue weighted by molar-refractivity contribution is 5.69. The number of carboxylic acids is 2. The zero-order chi connectivity index (χ0) is 9.14. The van der Waals surface area contributed by atoms with Crippen LogP contribution in [0.15, 0.2) is 0 Å². The fourth-order valence-corrected chi connectivity index (χ4v) is 1.32. The maximum atomic E-state index is 10.3. The van der Waals surface area contributed by atoms with E-state index < -0.39 is 11.9 Å². The summed E-state index contributed by atoms with van der Waals surface area (Å²) in [6.07, 6.45) is 0.0723. The third-order valence-corrected chi connectivity index (χ3v) is 2.04. The van der Waals surface area contributed by atoms with E-state index in [1.807, 2.05) is 0 Å². The minimum atomic E-state index is -0.886. The van der Waals surface area contributed by atoms with Crippen molar-refractivity contribution in [2.24, 2.45) is 5.92 Å². The summed E-state index contributed by atoms with van der Waals surface area (Å²) in [7, 11) is 0. The molecule has 0 aromatic heterocycles. The Morgan fingerprint density at radius 3 is 2.17 bits per heavy atom. The first-order valence-electron chi connectivity index (χ1n) is 3.76. The van der Waals surface area contributed by atoms with E-state index in [-0.39, 0.29) is 24.8 Å². The van der Waals surface area contributed by atoms with E-state index in [1.54, 1.807) is 0 Å². The van der Waals surface area contributed by atoms with Gasteiger partial charge in [0.05, 0.1) is 12.8 Å². The van der Waals surface area contributed by atoms with E-state index in [9.17, 15) is 9.59 Å². The molecule has 1 aliphatic rings. The largest absolute Gasteiger partial charge is 0.481 e. The number of rotatable bonds is 4. The van der Waals surface area contributed by atoms with Crippen LogP contribution >= 0.6 is 0 Å². The normalized spacial score (nSPS) is 27.7. The highest BCUT2D eigenvalue weighted by Crippen LogP contribution is 2.19. The minimum absolute atomic E-state index is 0.0119. The fraction of sp³-hybridized carbons (Fsp3) is 0.714. The van der Waals surface area contributed by atoms with Crippen molar-refractivity contribution in [3.63, 3.8) is 0 Å². The topological polar surface area (TPSA) is 86.6 Å². The van der Waals surface area contributed by atoms with E-state index in [0.717, 1.165) is 0 Å². The zero-order valence-electron chi connectivity index (χ0n) is 6.49. The summed E-state index contributed by atoms with van der Waals surface area (Å²) in [5.74, 6) is -1.77. The van der Waals surface area contributed by atoms with Gasteiger partial charge in [-0.1, -0.05) is 0 Å². The lowest BCUT2D eigenvalue weighted by atomic mass is 9.86. The number of carboxylic acid groups (broad SMARTS) is 2. The average molecular weight is 173 g/mol. The summed E-state index contributed by atoms with van der Waals surface area (Å²) >= 11 is 0. The first-order valence-corrected chi connectivity index (χ1v) is 3.76. The Bertz CT molecular complexity index is 182. The second-order valence-electron chi connectivity index (χ2n) is 2.97. The summed E-state index contributed by atoms with van der Waals surface area (Å²) in [4.78, 5) is 20.5. The third kappa shape index (κ3) is 2.20. The summed E-state index contributed by atoms with van der Waals surface area (Å²) < 4.78 is 0. The first kappa shape index (κ1) is 8.99. The van der Waals surface area contributed by atoms with Crippen molar-refractivity contribution in [2.45, 2.75) is 18.9 Å². The van der Waals surface area contributed by atoms with Crippen LogP contribution in [0.1, 0.15) is 12.8 Å². The van der Waals surface area contributed by atoms with E-state index >= 15 is 0 Å². The summed E-state index contributed by atoms with van der Waals surface area (Å²) in [5.41, 5.74) is 0. The Kier molecular flexibility index (Phi) is 2.65. The van der Waals surface area contributed by atoms with Crippen LogP contribution < -0.4 is 5.32 Å². The Balaban J connectivity index is 2.29. The van der Waals surface area contributed by atoms with Crippen LogP contribution in [-0.4, -0.2) is 34.7 Å². The van der Waals surface area contributed by atoms with Gasteiger partial charge in [-0.2, -0.15) is 0 Å². The molecular formula is C7H11NO4. The molecule has 0 spiro atoms. The van der Waals surface area contributed by atoms with Crippen LogP contribution in [0.4, 0.5) is 0 Å². The maximum absolute atomic E-state index is 10.3. The summed E-state index contributed by atoms with van der Waals surface area (Å²) in [6.45, 7) is 0.615. The van der Waals surface area contributed by atoms with Gasteiger partial charge in [-0.15, -0.1) is 0 Å². The van der Waals surface area contributed by atoms with Gasteiger partial charge in [0, 0.05) is 12.6 Å². The molecule has 0 aromatic carbocycles. The van der Waals surface area contributed by atoms with Crippen LogP contribution in [0.25, 0.3) is 0 Å². The molecule has 3 N–H and O–H groups in total. The molecule has 12 heavy (non-hydrogen) atoms. The van der Waals surface area contributed by atoms with E-state index in [0.29, 0.717) is 6.54 Å². The van der Waals surface area contributed by atoms with E-state index in [4.69, 9.17) is 10.2 Å². The molecule has 1 heterocycles. The SMILES string of the molecule is O=C(O)C[C@H]1CN[C@H]1CC(=O)O. The zero-order valence-corrected chi connectivity index (χ0v) is 6.49. The molecule has 5 heteroatoms. The highest BCUT2D eigenvalue weighted by Gasteiger charge is 2.33. The molecule has 2 atom stereocenters. The van der Waals surface area contributed by atoms with Crippen LogP contribution in [0.5, 0.6) is 0 Å². The molecule has 0 aromatic rings. The molecule has 1 aliphatic heterocycles. The van der Waals surface area contributed by atoms with Crippen LogP contribution in [0.2, 0.25) is 0 Å². The molecule has 1 saturated heterocycles. The van der Waals surface area contributed by atoms with Crippen LogP contribution in [0, 0.1) is 5.92 Å². The van der Waals surface area contributed by atoms with E-state index in [2.05, 4.69) is 5.32 Å². The van der Waals surface area contributed by atoms with Crippen molar-refractivity contribution in [1.29, 1.82) is 0 Å². The molecule has 0 bridgehead atoms. The predicted octanol–water partition coefficient (Wildman–Crippen LogP) is -0.476. The average Bonchev–Trinajstić information content (AvgIpc) is 1.93. The quantitative estimate of drug-likeness (QED) is 0.534. The van der Waals surface area contributed by atoms with Gasteiger partial charge >= 0.3 is 11.9 Å². The Labute approximate surface area is 69.4 Å². The molecule has 68 valence electrons. The van der Waals surface area contributed by atoms with Gasteiger partial charge in [0.1, 0.15) is 0 Å². The second-order valence-corrected chi connectivity index (χ2v) is 2.97. The predicted molar refractivity (Wildman–Crippen MR) is 39.8 cm³/mol. The molecule has 0 aliphatic carbocycles. The van der Waals surface area contributed by atoms with E-state index in [1.165, 1.54) is 0 Å². The number of carbonyl (C=O) groups is 2. The summed E-state index contributed by atoms with van der Waals surface area (Å²) in [5, 5.41) is 19.7. The molecule has 1 rings (SSSR count). The van der Waals surface area contributed by atoms with Gasteiger partial charge in [-0.3, -0.25) is 9.59 Å². The molecule has 0 unspecified atom stereocenters. The van der Waals surface area contributed by atoms with Gasteiger partial charge < -0.3 is 15.5 Å². The number of hydrogen-bond donors (Lipinski definition) is 3. The molecule has 0 saturated carbocycles. The lowest BCUT2D eigenvalue weighted by molar-refractivity contribution is -0.142. The lowest BCUT2D eigenvalue weighted by Gasteiger charge is -2.36. The van der Waals surface area contributed by atoms with Crippen molar-refractivity contribution < 1.29 is 19.8 Å². The number of nitrogens with one attached hydrogen (secondary N) is 1. The summed E-state index contributed by atoms with van der Waals surface area (Å²) in [6, 6.07) is -0.154. The van der Waals surface area contributed by atoms with Crippen molar-refractivity contribution in [3.8, 4) is 0 Å². The lowest BCUT2D eigenvalue weighted by Crippen LogP contribution is -2.54. The van der Waals surface area contributed by atoms with Crippen molar-refractivity contribution in [3.05, 3.63) is 0 Å². The Hall–Kier alpha value is -1.10. The Morgan fingerprint density at radius 1 is 1.25 bits per heavy atom. The van der Waals surface area contributed by atoms with Gasteiger partial charge in [-0.05, 0) is 5.92 Å². The Morgan fingerprint density at radius 2 is 1.83 bits per heavy atom. The molecule has 0 radical (unpaired) electrons. The monoisotopic (exact) mass is 173 g/mol. The van der Waals surface area contributed by atoms with Gasteiger partial charge in [0.25, 0.3) is 0 Å². The van der Waals surface area contributed by atoms with Crippen molar-refractivity contribution in [1.82, 2.24) is 5.32 Å². The van der Waals surface area contributed by atoms with Gasteiger partial charge in [-0.25, -0.2) is 0 Å². The van der Waals surface area contributed by atoms with Crippen LogP contribution in [0.3, 0.4) is 0 Å². The number of aliphatic carboxylic acids is 2. The first-order chi connectivity index (χ1) is 5.59. The third-order valence-electron chi connectivity index (χ3n) is 2.04.